The Kier molecular flexibility index (Phi) is 6.40. The van der Waals surface area contributed by atoms with E-state index >= 15 is 0 Å². The third-order valence-electron chi connectivity index (χ3n) is 2.45. The maximum Gasteiger partial charge on any atom is 0.252 e. The van der Waals surface area contributed by atoms with Crippen molar-refractivity contribution >= 4 is 40.7 Å². The van der Waals surface area contributed by atoms with Gasteiger partial charge in [0.15, 0.2) is 0 Å². The standard InChI is InChI=1S/C13H17Cl3N2O2/c1-8(2)17-12(13(14,15)16)18-11(19)9-4-6-10(20-3)7-5-9/h4-8,12,17H,1-3H3,(H,18,19)/t12-/m1/s1. The highest BCUT2D eigenvalue weighted by Gasteiger charge is 2.34. The van der Waals surface area contributed by atoms with Crippen molar-refractivity contribution in [1.82, 2.24) is 10.6 Å². The molecular weight excluding hydrogens is 323 g/mol. The topological polar surface area (TPSA) is 50.4 Å². The van der Waals surface area contributed by atoms with Crippen LogP contribution in [0.25, 0.3) is 0 Å². The second-order valence-corrected chi connectivity index (χ2v) is 6.87. The zero-order valence-electron chi connectivity index (χ0n) is 11.4. The Labute approximate surface area is 133 Å². The molecule has 0 aliphatic rings. The largest absolute Gasteiger partial charge is 0.497 e. The van der Waals surface area contributed by atoms with Gasteiger partial charge in [-0.05, 0) is 38.1 Å². The zero-order valence-corrected chi connectivity index (χ0v) is 13.7. The van der Waals surface area contributed by atoms with E-state index in [2.05, 4.69) is 10.6 Å². The molecule has 0 aliphatic heterocycles. The number of nitrogens with one attached hydrogen (secondary N) is 2. The summed E-state index contributed by atoms with van der Waals surface area (Å²) in [5, 5.41) is 5.65. The average Bonchev–Trinajstić information content (AvgIpc) is 2.36. The molecule has 2 N–H and O–H groups in total. The predicted molar refractivity (Wildman–Crippen MR) is 82.8 cm³/mol. The Morgan fingerprint density at radius 3 is 2.15 bits per heavy atom. The number of methoxy groups -OCH3 is 1. The van der Waals surface area contributed by atoms with E-state index in [-0.39, 0.29) is 11.9 Å². The summed E-state index contributed by atoms with van der Waals surface area (Å²) in [6.07, 6.45) is -0.790. The molecule has 0 unspecified atom stereocenters. The van der Waals surface area contributed by atoms with E-state index in [0.29, 0.717) is 11.3 Å². The minimum atomic E-state index is -1.65. The molecule has 1 aromatic rings. The summed E-state index contributed by atoms with van der Waals surface area (Å²) in [6, 6.07) is 6.70. The zero-order chi connectivity index (χ0) is 15.3. The molecule has 0 saturated heterocycles. The first-order valence-corrected chi connectivity index (χ1v) is 7.15. The highest BCUT2D eigenvalue weighted by atomic mass is 35.6. The van der Waals surface area contributed by atoms with Crippen LogP contribution in [0.5, 0.6) is 5.75 Å². The monoisotopic (exact) mass is 338 g/mol. The van der Waals surface area contributed by atoms with Crippen LogP contribution in [0, 0.1) is 0 Å². The van der Waals surface area contributed by atoms with Gasteiger partial charge < -0.3 is 10.1 Å². The summed E-state index contributed by atoms with van der Waals surface area (Å²) in [6.45, 7) is 3.78. The van der Waals surface area contributed by atoms with E-state index in [4.69, 9.17) is 39.5 Å². The van der Waals surface area contributed by atoms with Crippen LogP contribution in [0.15, 0.2) is 24.3 Å². The van der Waals surface area contributed by atoms with Crippen LogP contribution < -0.4 is 15.4 Å². The summed E-state index contributed by atoms with van der Waals surface area (Å²) in [7, 11) is 1.56. The van der Waals surface area contributed by atoms with Gasteiger partial charge in [0.05, 0.1) is 7.11 Å². The van der Waals surface area contributed by atoms with Crippen molar-refractivity contribution in [2.75, 3.05) is 7.11 Å². The number of ether oxygens (including phenoxy) is 1. The Hall–Kier alpha value is -0.680. The maximum atomic E-state index is 12.1. The van der Waals surface area contributed by atoms with Crippen molar-refractivity contribution in [3.05, 3.63) is 29.8 Å². The molecule has 0 bridgehead atoms. The van der Waals surface area contributed by atoms with E-state index < -0.39 is 9.96 Å². The molecule has 0 aromatic heterocycles. The van der Waals surface area contributed by atoms with E-state index in [1.54, 1.807) is 31.4 Å². The molecule has 0 aliphatic carbocycles. The summed E-state index contributed by atoms with van der Waals surface area (Å²) >= 11 is 17.6. The minimum Gasteiger partial charge on any atom is -0.497 e. The SMILES string of the molecule is COc1ccc(C(=O)N[C@@H](NC(C)C)C(Cl)(Cl)Cl)cc1. The quantitative estimate of drug-likeness (QED) is 0.640. The van der Waals surface area contributed by atoms with Gasteiger partial charge >= 0.3 is 0 Å². The predicted octanol–water partition coefficient (Wildman–Crippen LogP) is 3.12. The lowest BCUT2D eigenvalue weighted by atomic mass is 10.2. The van der Waals surface area contributed by atoms with Crippen LogP contribution >= 0.6 is 34.8 Å². The third kappa shape index (κ3) is 5.37. The van der Waals surface area contributed by atoms with Crippen molar-refractivity contribution < 1.29 is 9.53 Å². The van der Waals surface area contributed by atoms with Gasteiger partial charge in [0.1, 0.15) is 11.9 Å². The molecule has 1 amide bonds. The first-order valence-electron chi connectivity index (χ1n) is 6.01. The van der Waals surface area contributed by atoms with Gasteiger partial charge in [-0.3, -0.25) is 10.1 Å². The number of benzene rings is 1. The minimum absolute atomic E-state index is 0.0480. The average molecular weight is 340 g/mol. The Morgan fingerprint density at radius 1 is 1.20 bits per heavy atom. The number of hydrogen-bond donors (Lipinski definition) is 2. The number of alkyl halides is 3. The fourth-order valence-electron chi connectivity index (χ4n) is 1.51. The van der Waals surface area contributed by atoms with E-state index in [1.165, 1.54) is 0 Å². The normalized spacial score (nSPS) is 13.2. The highest BCUT2D eigenvalue weighted by molar-refractivity contribution is 6.68. The molecular formula is C13H17Cl3N2O2. The van der Waals surface area contributed by atoms with Gasteiger partial charge in [-0.1, -0.05) is 34.8 Å². The molecule has 0 spiro atoms. The first kappa shape index (κ1) is 17.4. The number of amides is 1. The van der Waals surface area contributed by atoms with Crippen molar-refractivity contribution in [1.29, 1.82) is 0 Å². The molecule has 7 heteroatoms. The Morgan fingerprint density at radius 2 is 1.75 bits per heavy atom. The second-order valence-electron chi connectivity index (χ2n) is 4.50. The number of hydrogen-bond acceptors (Lipinski definition) is 3. The van der Waals surface area contributed by atoms with Crippen molar-refractivity contribution in [2.45, 2.75) is 29.8 Å². The molecule has 0 radical (unpaired) electrons. The fourth-order valence-corrected chi connectivity index (χ4v) is 1.86. The van der Waals surface area contributed by atoms with Crippen LogP contribution in [0.2, 0.25) is 0 Å². The smallest absolute Gasteiger partial charge is 0.252 e. The first-order chi connectivity index (χ1) is 9.24. The summed E-state index contributed by atoms with van der Waals surface area (Å²) in [5.41, 5.74) is 0.454. The van der Waals surface area contributed by atoms with E-state index in [0.717, 1.165) is 0 Å². The summed E-state index contributed by atoms with van der Waals surface area (Å²) in [5.74, 6) is 0.330. The van der Waals surface area contributed by atoms with Crippen LogP contribution in [0.4, 0.5) is 0 Å². The van der Waals surface area contributed by atoms with Gasteiger partial charge in [0, 0.05) is 11.6 Å². The second kappa shape index (κ2) is 7.36. The molecule has 1 rings (SSSR count). The Balaban J connectivity index is 2.79. The third-order valence-corrected chi connectivity index (χ3v) is 3.11. The lowest BCUT2D eigenvalue weighted by molar-refractivity contribution is 0.0927. The molecule has 0 fully saturated rings. The van der Waals surface area contributed by atoms with Crippen LogP contribution in [-0.2, 0) is 0 Å². The molecule has 20 heavy (non-hydrogen) atoms. The summed E-state index contributed by atoms with van der Waals surface area (Å²) < 4.78 is 3.38. The molecule has 1 aromatic carbocycles. The molecule has 0 heterocycles. The highest BCUT2D eigenvalue weighted by Crippen LogP contribution is 2.29. The molecule has 112 valence electrons. The Bertz CT molecular complexity index is 444. The maximum absolute atomic E-state index is 12.1. The van der Waals surface area contributed by atoms with Crippen LogP contribution in [0.1, 0.15) is 24.2 Å². The lowest BCUT2D eigenvalue weighted by Crippen LogP contribution is -2.55. The molecule has 0 saturated carbocycles. The summed E-state index contributed by atoms with van der Waals surface area (Å²) in [4.78, 5) is 12.1. The van der Waals surface area contributed by atoms with Gasteiger partial charge in [0.25, 0.3) is 5.91 Å². The van der Waals surface area contributed by atoms with Crippen molar-refractivity contribution in [2.24, 2.45) is 0 Å². The fraction of sp³-hybridized carbons (Fsp3) is 0.462. The number of carbonyl (C=O) groups excluding carboxylic acids is 1. The van der Waals surface area contributed by atoms with E-state index in [1.807, 2.05) is 13.8 Å². The number of halogens is 3. The molecule has 1 atom stereocenters. The van der Waals surface area contributed by atoms with Crippen LogP contribution in [-0.4, -0.2) is 29.0 Å². The van der Waals surface area contributed by atoms with Gasteiger partial charge in [-0.25, -0.2) is 0 Å². The van der Waals surface area contributed by atoms with E-state index in [9.17, 15) is 4.79 Å². The lowest BCUT2D eigenvalue weighted by Gasteiger charge is -2.28. The number of carbonyl (C=O) groups is 1. The van der Waals surface area contributed by atoms with Crippen LogP contribution in [0.3, 0.4) is 0 Å². The number of rotatable bonds is 5. The van der Waals surface area contributed by atoms with Gasteiger partial charge in [-0.15, -0.1) is 0 Å². The van der Waals surface area contributed by atoms with Crippen molar-refractivity contribution in [3.63, 3.8) is 0 Å². The van der Waals surface area contributed by atoms with Crippen molar-refractivity contribution in [3.8, 4) is 5.75 Å². The van der Waals surface area contributed by atoms with Gasteiger partial charge in [-0.2, -0.15) is 0 Å². The van der Waals surface area contributed by atoms with Gasteiger partial charge in [0.2, 0.25) is 3.79 Å². The molecule has 4 nitrogen and oxygen atoms in total.